The van der Waals surface area contributed by atoms with E-state index in [9.17, 15) is 13.2 Å². The number of sulfonamides is 1. The lowest BCUT2D eigenvalue weighted by molar-refractivity contribution is 0.0915. The maximum absolute atomic E-state index is 12.5. The maximum Gasteiger partial charge on any atom is 0.273 e. The zero-order valence-corrected chi connectivity index (χ0v) is 14.4. The number of amides is 1. The Morgan fingerprint density at radius 2 is 1.96 bits per heavy atom. The number of hydrogen-bond donors (Lipinski definition) is 2. The Morgan fingerprint density at radius 1 is 1.22 bits per heavy atom. The number of hydrogen-bond acceptors (Lipinski definition) is 4. The highest BCUT2D eigenvalue weighted by molar-refractivity contribution is 7.89. The van der Waals surface area contributed by atoms with Gasteiger partial charge in [-0.25, -0.2) is 13.1 Å². The number of carbonyl (C=O) groups excluding carboxylic acids is 1. The van der Waals surface area contributed by atoms with Crippen LogP contribution in [0.25, 0.3) is 0 Å². The maximum atomic E-state index is 12.5. The molecule has 1 aromatic heterocycles. The first-order valence-electron chi connectivity index (χ1n) is 8.25. The largest absolute Gasteiger partial charge is 0.448 e. The van der Waals surface area contributed by atoms with E-state index in [-0.39, 0.29) is 17.0 Å². The molecule has 1 heterocycles. The summed E-state index contributed by atoms with van der Waals surface area (Å²) in [6, 6.07) is 1.48. The van der Waals surface area contributed by atoms with Gasteiger partial charge in [-0.15, -0.1) is 0 Å². The molecule has 0 saturated heterocycles. The molecule has 2 aliphatic carbocycles. The van der Waals surface area contributed by atoms with E-state index in [1.54, 1.807) is 6.92 Å². The van der Waals surface area contributed by atoms with Gasteiger partial charge in [0.05, 0.1) is 5.56 Å². The topological polar surface area (TPSA) is 88.4 Å². The van der Waals surface area contributed by atoms with Crippen molar-refractivity contribution in [2.45, 2.75) is 56.6 Å². The summed E-state index contributed by atoms with van der Waals surface area (Å²) in [5, 5.41) is 2.84. The molecule has 0 spiro atoms. The molecule has 2 aliphatic rings. The number of rotatable bonds is 5. The standard InChI is InChI=1S/C16H24N2O4S/c1-10-14(9-15(22-10)23(20,21)17-2)16(19)18-13-5-3-4-12(8-13)11-6-7-11/h9,11-13,17H,3-8H2,1-2H3,(H,18,19)/t12-,13-/m1/s1. The van der Waals surface area contributed by atoms with Crippen LogP contribution in [0.2, 0.25) is 0 Å². The van der Waals surface area contributed by atoms with E-state index in [0.717, 1.165) is 31.1 Å². The van der Waals surface area contributed by atoms with E-state index in [4.69, 9.17) is 4.42 Å². The second-order valence-corrected chi connectivity index (χ2v) is 8.49. The zero-order valence-electron chi connectivity index (χ0n) is 13.6. The lowest BCUT2D eigenvalue weighted by Gasteiger charge is -2.29. The first-order valence-corrected chi connectivity index (χ1v) is 9.74. The van der Waals surface area contributed by atoms with E-state index in [2.05, 4.69) is 10.0 Å². The third-order valence-electron chi connectivity index (χ3n) is 5.01. The minimum atomic E-state index is -3.67. The Morgan fingerprint density at radius 3 is 2.61 bits per heavy atom. The molecule has 0 aromatic carbocycles. The zero-order chi connectivity index (χ0) is 16.6. The number of furan rings is 1. The minimum Gasteiger partial charge on any atom is -0.448 e. The van der Waals surface area contributed by atoms with E-state index in [0.29, 0.717) is 11.3 Å². The highest BCUT2D eigenvalue weighted by Gasteiger charge is 2.35. The molecule has 3 rings (SSSR count). The summed E-state index contributed by atoms with van der Waals surface area (Å²) in [7, 11) is -2.36. The highest BCUT2D eigenvalue weighted by atomic mass is 32.2. The van der Waals surface area contributed by atoms with Crippen LogP contribution >= 0.6 is 0 Å². The second-order valence-electron chi connectivity index (χ2n) is 6.68. The smallest absolute Gasteiger partial charge is 0.273 e. The normalized spacial score (nSPS) is 25.3. The summed E-state index contributed by atoms with van der Waals surface area (Å²) in [6.45, 7) is 1.61. The van der Waals surface area contributed by atoms with Gasteiger partial charge in [-0.3, -0.25) is 4.79 Å². The van der Waals surface area contributed by atoms with Gasteiger partial charge in [0, 0.05) is 12.1 Å². The molecule has 2 N–H and O–H groups in total. The Labute approximate surface area is 137 Å². The van der Waals surface area contributed by atoms with Gasteiger partial charge >= 0.3 is 0 Å². The number of aryl methyl sites for hydroxylation is 1. The highest BCUT2D eigenvalue weighted by Crippen LogP contribution is 2.43. The third kappa shape index (κ3) is 3.61. The van der Waals surface area contributed by atoms with E-state index < -0.39 is 10.0 Å². The molecule has 0 unspecified atom stereocenters. The summed E-state index contributed by atoms with van der Waals surface area (Å²) < 4.78 is 31.0. The first-order chi connectivity index (χ1) is 10.9. The van der Waals surface area contributed by atoms with Crippen LogP contribution in [0.3, 0.4) is 0 Å². The predicted octanol–water partition coefficient (Wildman–Crippen LogP) is 2.19. The minimum absolute atomic E-state index is 0.181. The summed E-state index contributed by atoms with van der Waals surface area (Å²) in [5.74, 6) is 1.67. The van der Waals surface area contributed by atoms with Gasteiger partial charge in [-0.05, 0) is 51.5 Å². The van der Waals surface area contributed by atoms with Crippen molar-refractivity contribution in [2.75, 3.05) is 7.05 Å². The van der Waals surface area contributed by atoms with Crippen molar-refractivity contribution in [3.8, 4) is 0 Å². The van der Waals surface area contributed by atoms with Crippen molar-refractivity contribution in [3.05, 3.63) is 17.4 Å². The second kappa shape index (κ2) is 6.28. The van der Waals surface area contributed by atoms with Gasteiger partial charge in [0.1, 0.15) is 5.76 Å². The van der Waals surface area contributed by atoms with Gasteiger partial charge in [-0.2, -0.15) is 0 Å². The molecule has 2 fully saturated rings. The van der Waals surface area contributed by atoms with Gasteiger partial charge < -0.3 is 9.73 Å². The number of nitrogens with one attached hydrogen (secondary N) is 2. The predicted molar refractivity (Wildman–Crippen MR) is 85.6 cm³/mol. The Hall–Kier alpha value is -1.34. The molecular weight excluding hydrogens is 316 g/mol. The fourth-order valence-corrected chi connectivity index (χ4v) is 4.24. The molecule has 7 heteroatoms. The summed E-state index contributed by atoms with van der Waals surface area (Å²) in [5.41, 5.74) is 0.298. The Kier molecular flexibility index (Phi) is 4.51. The van der Waals surface area contributed by atoms with E-state index in [1.165, 1.54) is 32.4 Å². The Balaban J connectivity index is 1.68. The van der Waals surface area contributed by atoms with Crippen LogP contribution < -0.4 is 10.0 Å². The fraction of sp³-hybridized carbons (Fsp3) is 0.688. The van der Waals surface area contributed by atoms with Crippen molar-refractivity contribution in [2.24, 2.45) is 11.8 Å². The van der Waals surface area contributed by atoms with Crippen LogP contribution in [0.1, 0.15) is 54.6 Å². The summed E-state index contributed by atoms with van der Waals surface area (Å²) >= 11 is 0. The molecule has 23 heavy (non-hydrogen) atoms. The van der Waals surface area contributed by atoms with Crippen molar-refractivity contribution in [1.82, 2.24) is 10.0 Å². The summed E-state index contributed by atoms with van der Waals surface area (Å²) in [6.07, 6.45) is 7.11. The monoisotopic (exact) mass is 340 g/mol. The van der Waals surface area contributed by atoms with Gasteiger partial charge in [0.25, 0.3) is 15.9 Å². The first kappa shape index (κ1) is 16.5. The van der Waals surface area contributed by atoms with Crippen LogP contribution in [0.4, 0.5) is 0 Å². The van der Waals surface area contributed by atoms with Crippen LogP contribution in [0.5, 0.6) is 0 Å². The molecule has 128 valence electrons. The lowest BCUT2D eigenvalue weighted by Crippen LogP contribution is -2.38. The molecule has 6 nitrogen and oxygen atoms in total. The van der Waals surface area contributed by atoms with Gasteiger partial charge in [-0.1, -0.05) is 12.8 Å². The van der Waals surface area contributed by atoms with Gasteiger partial charge in [0.15, 0.2) is 0 Å². The Bertz CT molecular complexity index is 691. The van der Waals surface area contributed by atoms with Crippen molar-refractivity contribution in [3.63, 3.8) is 0 Å². The molecule has 2 atom stereocenters. The van der Waals surface area contributed by atoms with Crippen LogP contribution in [0.15, 0.2) is 15.6 Å². The molecule has 2 saturated carbocycles. The van der Waals surface area contributed by atoms with Crippen LogP contribution in [-0.2, 0) is 10.0 Å². The molecule has 0 bridgehead atoms. The van der Waals surface area contributed by atoms with Crippen LogP contribution in [0, 0.1) is 18.8 Å². The van der Waals surface area contributed by atoms with Crippen LogP contribution in [-0.4, -0.2) is 27.4 Å². The average molecular weight is 340 g/mol. The quantitative estimate of drug-likeness (QED) is 0.860. The summed E-state index contributed by atoms with van der Waals surface area (Å²) in [4.78, 5) is 12.5. The molecule has 1 amide bonds. The van der Waals surface area contributed by atoms with Crippen molar-refractivity contribution in [1.29, 1.82) is 0 Å². The molecule has 0 aliphatic heterocycles. The third-order valence-corrected chi connectivity index (χ3v) is 6.28. The van der Waals surface area contributed by atoms with Crippen molar-refractivity contribution < 1.29 is 17.6 Å². The average Bonchev–Trinajstić information content (AvgIpc) is 3.29. The molecule has 0 radical (unpaired) electrons. The van der Waals surface area contributed by atoms with E-state index in [1.807, 2.05) is 0 Å². The SMILES string of the molecule is CNS(=O)(=O)c1cc(C(=O)N[C@@H]2CCC[C@@H](C3CC3)C2)c(C)o1. The van der Waals surface area contributed by atoms with Gasteiger partial charge in [0.2, 0.25) is 5.09 Å². The molecular formula is C16H24N2O4S. The van der Waals surface area contributed by atoms with E-state index >= 15 is 0 Å². The number of carbonyl (C=O) groups is 1. The molecule has 1 aromatic rings. The lowest BCUT2D eigenvalue weighted by atomic mass is 9.82. The fourth-order valence-electron chi connectivity index (χ4n) is 3.53. The van der Waals surface area contributed by atoms with Crippen molar-refractivity contribution >= 4 is 15.9 Å².